The summed E-state index contributed by atoms with van der Waals surface area (Å²) in [6.07, 6.45) is 3.21. The van der Waals surface area contributed by atoms with E-state index >= 15 is 0 Å². The van der Waals surface area contributed by atoms with E-state index in [0.29, 0.717) is 13.2 Å². The second-order valence-corrected chi connectivity index (χ2v) is 5.28. The SMILES string of the molecule is CCOc1c(Br)cc(Br)cc1CNn1cnnc1. The normalized spacial score (nSPS) is 10.4. The fourth-order valence-electron chi connectivity index (χ4n) is 1.51. The molecule has 0 aliphatic rings. The average Bonchev–Trinajstić information content (AvgIpc) is 2.83. The minimum Gasteiger partial charge on any atom is -0.492 e. The van der Waals surface area contributed by atoms with Crippen LogP contribution in [0.3, 0.4) is 0 Å². The largest absolute Gasteiger partial charge is 0.492 e. The first-order valence-electron chi connectivity index (χ1n) is 5.40. The zero-order valence-electron chi connectivity index (χ0n) is 9.73. The molecule has 0 saturated carbocycles. The summed E-state index contributed by atoms with van der Waals surface area (Å²) in [6, 6.07) is 3.99. The fraction of sp³-hybridized carbons (Fsp3) is 0.273. The maximum Gasteiger partial charge on any atom is 0.138 e. The predicted octanol–water partition coefficient (Wildman–Crippen LogP) is 2.95. The first-order valence-corrected chi connectivity index (χ1v) is 6.98. The van der Waals surface area contributed by atoms with Gasteiger partial charge in [0.15, 0.2) is 0 Å². The predicted molar refractivity (Wildman–Crippen MR) is 76.1 cm³/mol. The highest BCUT2D eigenvalue weighted by Gasteiger charge is 2.09. The van der Waals surface area contributed by atoms with E-state index in [1.54, 1.807) is 17.3 Å². The number of aromatic nitrogens is 3. The van der Waals surface area contributed by atoms with Crippen LogP contribution in [-0.4, -0.2) is 21.5 Å². The monoisotopic (exact) mass is 374 g/mol. The van der Waals surface area contributed by atoms with Crippen LogP contribution in [0.1, 0.15) is 12.5 Å². The van der Waals surface area contributed by atoms with Crippen molar-refractivity contribution in [3.63, 3.8) is 0 Å². The molecule has 0 unspecified atom stereocenters. The Bertz CT molecular complexity index is 516. The van der Waals surface area contributed by atoms with Crippen molar-refractivity contribution < 1.29 is 4.74 Å². The van der Waals surface area contributed by atoms with Crippen molar-refractivity contribution in [2.75, 3.05) is 12.0 Å². The van der Waals surface area contributed by atoms with Gasteiger partial charge in [-0.15, -0.1) is 10.2 Å². The Morgan fingerprint density at radius 2 is 2.00 bits per heavy atom. The molecule has 0 saturated heterocycles. The van der Waals surface area contributed by atoms with Gasteiger partial charge < -0.3 is 10.2 Å². The number of nitrogens with one attached hydrogen (secondary N) is 1. The van der Waals surface area contributed by atoms with Crippen molar-refractivity contribution in [3.8, 4) is 5.75 Å². The summed E-state index contributed by atoms with van der Waals surface area (Å²) in [6.45, 7) is 3.21. The second-order valence-electron chi connectivity index (χ2n) is 3.51. The summed E-state index contributed by atoms with van der Waals surface area (Å²) >= 11 is 6.98. The third-order valence-electron chi connectivity index (χ3n) is 2.24. The average molecular weight is 376 g/mol. The third kappa shape index (κ3) is 3.23. The van der Waals surface area contributed by atoms with E-state index in [0.717, 1.165) is 20.3 Å². The molecule has 1 N–H and O–H groups in total. The Balaban J connectivity index is 2.19. The van der Waals surface area contributed by atoms with Gasteiger partial charge in [0.05, 0.1) is 17.6 Å². The summed E-state index contributed by atoms with van der Waals surface area (Å²) in [5.74, 6) is 0.848. The molecule has 96 valence electrons. The molecule has 0 amide bonds. The van der Waals surface area contributed by atoms with E-state index < -0.39 is 0 Å². The highest BCUT2D eigenvalue weighted by atomic mass is 79.9. The minimum absolute atomic E-state index is 0.616. The molecule has 2 rings (SSSR count). The molecular formula is C11H12Br2N4O. The summed E-state index contributed by atoms with van der Waals surface area (Å²) in [4.78, 5) is 0. The number of nitrogens with zero attached hydrogens (tertiary/aromatic N) is 3. The molecule has 2 aromatic rings. The molecular weight excluding hydrogens is 364 g/mol. The van der Waals surface area contributed by atoms with E-state index in [1.807, 2.05) is 19.1 Å². The van der Waals surface area contributed by atoms with Crippen molar-refractivity contribution in [3.05, 3.63) is 39.3 Å². The molecule has 0 fully saturated rings. The molecule has 0 aliphatic carbocycles. The van der Waals surface area contributed by atoms with Crippen molar-refractivity contribution in [1.82, 2.24) is 14.9 Å². The lowest BCUT2D eigenvalue weighted by atomic mass is 10.2. The Labute approximate surface area is 122 Å². The molecule has 5 nitrogen and oxygen atoms in total. The molecule has 0 atom stereocenters. The quantitative estimate of drug-likeness (QED) is 0.872. The Morgan fingerprint density at radius 1 is 1.28 bits per heavy atom. The van der Waals surface area contributed by atoms with E-state index in [-0.39, 0.29) is 0 Å². The van der Waals surface area contributed by atoms with Crippen LogP contribution in [0.2, 0.25) is 0 Å². The number of ether oxygens (including phenoxy) is 1. The number of halogens is 2. The standard InChI is InChI=1S/C11H12Br2N4O/c1-2-18-11-8(3-9(12)4-10(11)13)5-16-17-6-14-15-7-17/h3-4,6-7,16H,2,5H2,1H3. The topological polar surface area (TPSA) is 52.0 Å². The molecule has 0 aliphatic heterocycles. The Hall–Kier alpha value is -1.08. The summed E-state index contributed by atoms with van der Waals surface area (Å²) in [5, 5.41) is 7.46. The molecule has 1 heterocycles. The number of rotatable bonds is 5. The molecule has 0 bridgehead atoms. The molecule has 1 aromatic heterocycles. The highest BCUT2D eigenvalue weighted by molar-refractivity contribution is 9.11. The van der Waals surface area contributed by atoms with Crippen molar-refractivity contribution in [2.45, 2.75) is 13.5 Å². The number of benzene rings is 1. The van der Waals surface area contributed by atoms with Gasteiger partial charge in [0.25, 0.3) is 0 Å². The first-order chi connectivity index (χ1) is 8.70. The van der Waals surface area contributed by atoms with Gasteiger partial charge in [0.1, 0.15) is 18.4 Å². The van der Waals surface area contributed by atoms with Gasteiger partial charge in [0.2, 0.25) is 0 Å². The van der Waals surface area contributed by atoms with Crippen molar-refractivity contribution in [1.29, 1.82) is 0 Å². The maximum absolute atomic E-state index is 5.64. The van der Waals surface area contributed by atoms with Gasteiger partial charge in [-0.3, -0.25) is 0 Å². The van der Waals surface area contributed by atoms with Gasteiger partial charge >= 0.3 is 0 Å². The highest BCUT2D eigenvalue weighted by Crippen LogP contribution is 2.33. The van der Waals surface area contributed by atoms with E-state index in [4.69, 9.17) is 4.74 Å². The third-order valence-corrected chi connectivity index (χ3v) is 3.29. The van der Waals surface area contributed by atoms with Crippen LogP contribution < -0.4 is 10.2 Å². The lowest BCUT2D eigenvalue weighted by Gasteiger charge is -2.14. The van der Waals surface area contributed by atoms with Crippen LogP contribution in [0.5, 0.6) is 5.75 Å². The number of hydrogen-bond donors (Lipinski definition) is 1. The first kappa shape index (κ1) is 13.4. The number of hydrogen-bond acceptors (Lipinski definition) is 4. The molecule has 7 heteroatoms. The van der Waals surface area contributed by atoms with Crippen LogP contribution in [0.15, 0.2) is 33.7 Å². The fourth-order valence-corrected chi connectivity index (χ4v) is 2.94. The second kappa shape index (κ2) is 6.19. The van der Waals surface area contributed by atoms with Crippen molar-refractivity contribution >= 4 is 31.9 Å². The van der Waals surface area contributed by atoms with Gasteiger partial charge in [-0.1, -0.05) is 15.9 Å². The lowest BCUT2D eigenvalue weighted by Crippen LogP contribution is -2.13. The van der Waals surface area contributed by atoms with Crippen LogP contribution in [-0.2, 0) is 6.54 Å². The van der Waals surface area contributed by atoms with Crippen LogP contribution in [0.4, 0.5) is 0 Å². The molecule has 0 radical (unpaired) electrons. The molecule has 0 spiro atoms. The van der Waals surface area contributed by atoms with E-state index in [9.17, 15) is 0 Å². The lowest BCUT2D eigenvalue weighted by molar-refractivity contribution is 0.334. The van der Waals surface area contributed by atoms with Gasteiger partial charge in [-0.2, -0.15) is 0 Å². The molecule has 18 heavy (non-hydrogen) atoms. The van der Waals surface area contributed by atoms with Crippen LogP contribution in [0, 0.1) is 0 Å². The van der Waals surface area contributed by atoms with Crippen molar-refractivity contribution in [2.24, 2.45) is 0 Å². The molecule has 1 aromatic carbocycles. The summed E-state index contributed by atoms with van der Waals surface area (Å²) in [7, 11) is 0. The smallest absolute Gasteiger partial charge is 0.138 e. The summed E-state index contributed by atoms with van der Waals surface area (Å²) < 4.78 is 9.27. The van der Waals surface area contributed by atoms with Gasteiger partial charge in [-0.25, -0.2) is 4.68 Å². The van der Waals surface area contributed by atoms with E-state index in [1.165, 1.54) is 0 Å². The minimum atomic E-state index is 0.616. The maximum atomic E-state index is 5.64. The van der Waals surface area contributed by atoms with Crippen LogP contribution in [0.25, 0.3) is 0 Å². The Kier molecular flexibility index (Phi) is 4.60. The van der Waals surface area contributed by atoms with E-state index in [2.05, 4.69) is 47.5 Å². The van der Waals surface area contributed by atoms with Gasteiger partial charge in [0, 0.05) is 10.0 Å². The zero-order valence-corrected chi connectivity index (χ0v) is 12.9. The van der Waals surface area contributed by atoms with Crippen LogP contribution >= 0.6 is 31.9 Å². The zero-order chi connectivity index (χ0) is 13.0. The summed E-state index contributed by atoms with van der Waals surface area (Å²) in [5.41, 5.74) is 4.21. The Morgan fingerprint density at radius 3 is 2.67 bits per heavy atom. The van der Waals surface area contributed by atoms with Gasteiger partial charge in [-0.05, 0) is 35.0 Å².